The van der Waals surface area contributed by atoms with E-state index in [1.165, 1.54) is 0 Å². The van der Waals surface area contributed by atoms with Crippen molar-refractivity contribution >= 4 is 11.8 Å². The van der Waals surface area contributed by atoms with Gasteiger partial charge in [-0.25, -0.2) is 0 Å². The number of likely N-dealkylation sites (tertiary alicyclic amines) is 2. The zero-order valence-electron chi connectivity index (χ0n) is 24.1. The van der Waals surface area contributed by atoms with Gasteiger partial charge in [0.05, 0.1) is 32.2 Å². The number of ether oxygens (including phenoxy) is 7. The second kappa shape index (κ2) is 10.8. The summed E-state index contributed by atoms with van der Waals surface area (Å²) in [5.74, 6) is 1.42. The molecule has 1 aliphatic carbocycles. The molecular formula is C31H36N2O9. The van der Waals surface area contributed by atoms with E-state index in [1.54, 1.807) is 33.5 Å². The van der Waals surface area contributed by atoms with Gasteiger partial charge in [-0.1, -0.05) is 0 Å². The molecule has 224 valence electrons. The predicted octanol–water partition coefficient (Wildman–Crippen LogP) is 3.14. The lowest BCUT2D eigenvalue weighted by molar-refractivity contribution is -0.152. The average molecular weight is 581 g/mol. The van der Waals surface area contributed by atoms with Crippen LogP contribution in [0, 0.1) is 11.8 Å². The van der Waals surface area contributed by atoms with Crippen molar-refractivity contribution in [3.8, 4) is 34.5 Å². The van der Waals surface area contributed by atoms with Gasteiger partial charge in [0, 0.05) is 68.4 Å². The molecule has 5 aliphatic rings. The van der Waals surface area contributed by atoms with Gasteiger partial charge in [0.25, 0.3) is 0 Å². The Kier molecular flexibility index (Phi) is 6.92. The largest absolute Gasteiger partial charge is 0.496 e. The lowest BCUT2D eigenvalue weighted by atomic mass is 9.51. The van der Waals surface area contributed by atoms with Crippen molar-refractivity contribution in [1.82, 2.24) is 9.80 Å². The van der Waals surface area contributed by atoms with Gasteiger partial charge in [0.1, 0.15) is 11.5 Å². The molecule has 0 radical (unpaired) electrons. The highest BCUT2D eigenvalue weighted by Crippen LogP contribution is 2.63. The summed E-state index contributed by atoms with van der Waals surface area (Å²) >= 11 is 0. The molecule has 3 fully saturated rings. The summed E-state index contributed by atoms with van der Waals surface area (Å²) < 4.78 is 40.0. The van der Waals surface area contributed by atoms with Gasteiger partial charge in [-0.05, 0) is 31.4 Å². The summed E-state index contributed by atoms with van der Waals surface area (Å²) in [6.45, 7) is 2.71. The van der Waals surface area contributed by atoms with Crippen LogP contribution in [0.2, 0.25) is 0 Å². The molecule has 3 atom stereocenters. The van der Waals surface area contributed by atoms with Crippen LogP contribution in [0.3, 0.4) is 0 Å². The molecule has 7 rings (SSSR count). The number of amides is 2. The predicted molar refractivity (Wildman–Crippen MR) is 149 cm³/mol. The number of rotatable bonds is 7. The number of carbonyl (C=O) groups is 2. The molecule has 2 aromatic rings. The van der Waals surface area contributed by atoms with Crippen LogP contribution in [0.1, 0.15) is 42.2 Å². The first-order chi connectivity index (χ1) is 20.5. The van der Waals surface area contributed by atoms with Crippen LogP contribution in [-0.4, -0.2) is 88.8 Å². The maximum Gasteiger partial charge on any atom is 0.231 e. The van der Waals surface area contributed by atoms with Crippen molar-refractivity contribution in [2.24, 2.45) is 11.8 Å². The third-order valence-corrected chi connectivity index (χ3v) is 9.49. The summed E-state index contributed by atoms with van der Waals surface area (Å²) in [5.41, 5.74) is 1.52. The van der Waals surface area contributed by atoms with Crippen molar-refractivity contribution in [3.63, 3.8) is 0 Å². The number of fused-ring (bicyclic) bond motifs is 2. The third kappa shape index (κ3) is 4.28. The van der Waals surface area contributed by atoms with Gasteiger partial charge in [-0.2, -0.15) is 0 Å². The summed E-state index contributed by atoms with van der Waals surface area (Å²) in [6, 6.07) is 7.35. The van der Waals surface area contributed by atoms with Crippen molar-refractivity contribution in [3.05, 3.63) is 35.4 Å². The fourth-order valence-electron chi connectivity index (χ4n) is 7.37. The molecule has 0 N–H and O–H groups in total. The van der Waals surface area contributed by atoms with E-state index in [2.05, 4.69) is 0 Å². The Hall–Kier alpha value is -3.86. The quantitative estimate of drug-likeness (QED) is 0.489. The van der Waals surface area contributed by atoms with E-state index < -0.39 is 23.7 Å². The Bertz CT molecular complexity index is 1320. The molecule has 3 unspecified atom stereocenters. The average Bonchev–Trinajstić information content (AvgIpc) is 3.82. The van der Waals surface area contributed by atoms with Gasteiger partial charge in [-0.3, -0.25) is 9.59 Å². The molecule has 0 spiro atoms. The first-order valence-corrected chi connectivity index (χ1v) is 14.6. The minimum atomic E-state index is -0.569. The van der Waals surface area contributed by atoms with Gasteiger partial charge < -0.3 is 43.0 Å². The van der Waals surface area contributed by atoms with Crippen molar-refractivity contribution < 1.29 is 42.7 Å². The first kappa shape index (κ1) is 27.0. The van der Waals surface area contributed by atoms with Crippen LogP contribution in [0.25, 0.3) is 0 Å². The smallest absolute Gasteiger partial charge is 0.231 e. The number of carbonyl (C=O) groups excluding carboxylic acids is 2. The molecule has 4 heterocycles. The van der Waals surface area contributed by atoms with Crippen molar-refractivity contribution in [1.29, 1.82) is 0 Å². The third-order valence-electron chi connectivity index (χ3n) is 9.49. The lowest BCUT2D eigenvalue weighted by Gasteiger charge is -2.52. The molecule has 2 aromatic carbocycles. The zero-order valence-corrected chi connectivity index (χ0v) is 24.1. The fraction of sp³-hybridized carbons (Fsp3) is 0.548. The van der Waals surface area contributed by atoms with Gasteiger partial charge in [0.15, 0.2) is 23.0 Å². The zero-order chi connectivity index (χ0) is 29.0. The SMILES string of the molecule is COc1cc2c(cc1C1C(C(=O)N3CCCC3)C(c3cc4c(cc3OC)OCO4)C1C(=O)N1CCC(OC)C1)OCO2. The van der Waals surface area contributed by atoms with E-state index in [9.17, 15) is 9.59 Å². The number of hydrogen-bond donors (Lipinski definition) is 0. The Morgan fingerprint density at radius 3 is 1.62 bits per heavy atom. The van der Waals surface area contributed by atoms with Crippen LogP contribution < -0.4 is 28.4 Å². The lowest BCUT2D eigenvalue weighted by Crippen LogP contribution is -2.57. The molecule has 11 heteroatoms. The summed E-state index contributed by atoms with van der Waals surface area (Å²) in [5, 5.41) is 0. The molecule has 2 saturated heterocycles. The highest BCUT2D eigenvalue weighted by atomic mass is 16.7. The van der Waals surface area contributed by atoms with E-state index in [-0.39, 0.29) is 31.5 Å². The number of benzene rings is 2. The number of methoxy groups -OCH3 is 3. The Morgan fingerprint density at radius 1 is 0.690 bits per heavy atom. The maximum absolute atomic E-state index is 14.6. The van der Waals surface area contributed by atoms with Crippen LogP contribution in [0.5, 0.6) is 34.5 Å². The first-order valence-electron chi connectivity index (χ1n) is 14.6. The molecule has 2 amide bonds. The molecule has 0 bridgehead atoms. The van der Waals surface area contributed by atoms with Crippen LogP contribution in [0.4, 0.5) is 0 Å². The minimum Gasteiger partial charge on any atom is -0.496 e. The molecular weight excluding hydrogens is 544 g/mol. The highest BCUT2D eigenvalue weighted by molar-refractivity contribution is 5.91. The van der Waals surface area contributed by atoms with E-state index in [4.69, 9.17) is 33.2 Å². The Balaban J connectivity index is 1.38. The molecule has 0 aromatic heterocycles. The monoisotopic (exact) mass is 580 g/mol. The second-order valence-electron chi connectivity index (χ2n) is 11.5. The summed E-state index contributed by atoms with van der Waals surface area (Å²) in [6.07, 6.45) is 2.67. The van der Waals surface area contributed by atoms with Gasteiger partial charge in [-0.15, -0.1) is 0 Å². The van der Waals surface area contributed by atoms with Crippen molar-refractivity contribution in [2.75, 3.05) is 61.1 Å². The summed E-state index contributed by atoms with van der Waals surface area (Å²) in [7, 11) is 4.86. The second-order valence-corrected chi connectivity index (χ2v) is 11.5. The maximum atomic E-state index is 14.6. The standard InChI is InChI=1S/C31H36N2O9/c1-36-17-6-9-33(14-17)31(35)29-26(18-10-22-24(41-15-39-22)12-20(18)37-2)28(30(34)32-7-4-5-8-32)27(29)19-11-23-25(42-16-40-23)13-21(19)38-3/h10-13,17,26-29H,4-9,14-16H2,1-3H3. The van der Waals surface area contributed by atoms with E-state index >= 15 is 0 Å². The highest BCUT2D eigenvalue weighted by Gasteiger charge is 2.61. The summed E-state index contributed by atoms with van der Waals surface area (Å²) in [4.78, 5) is 32.8. The molecule has 1 saturated carbocycles. The Morgan fingerprint density at radius 2 is 1.17 bits per heavy atom. The topological polar surface area (TPSA) is 105 Å². The Labute approximate surface area is 244 Å². The van der Waals surface area contributed by atoms with Gasteiger partial charge in [0.2, 0.25) is 25.4 Å². The van der Waals surface area contributed by atoms with Crippen LogP contribution in [0.15, 0.2) is 24.3 Å². The van der Waals surface area contributed by atoms with E-state index in [0.717, 1.165) is 30.4 Å². The minimum absolute atomic E-state index is 0.0190. The van der Waals surface area contributed by atoms with E-state index in [1.807, 2.05) is 21.9 Å². The van der Waals surface area contributed by atoms with Crippen LogP contribution >= 0.6 is 0 Å². The normalized spacial score (nSPS) is 27.3. The molecule has 42 heavy (non-hydrogen) atoms. The van der Waals surface area contributed by atoms with Crippen molar-refractivity contribution in [2.45, 2.75) is 37.2 Å². The fourth-order valence-corrected chi connectivity index (χ4v) is 7.37. The number of nitrogens with zero attached hydrogens (tertiary/aromatic N) is 2. The van der Waals surface area contributed by atoms with Crippen LogP contribution in [-0.2, 0) is 14.3 Å². The molecule has 11 nitrogen and oxygen atoms in total. The molecule has 4 aliphatic heterocycles. The number of hydrogen-bond acceptors (Lipinski definition) is 9. The van der Waals surface area contributed by atoms with E-state index in [0.29, 0.717) is 60.7 Å². The van der Waals surface area contributed by atoms with Gasteiger partial charge >= 0.3 is 0 Å².